The SMILES string of the molecule is CCCCN(CC(=O)N(CCc1c[nH]c2ccccc12)Cc1ccc(OC)cc1)C(=O)c1ccc(OC)cc1. The van der Waals surface area contributed by atoms with Gasteiger partial charge in [0.1, 0.15) is 18.0 Å². The van der Waals surface area contributed by atoms with Crippen LogP contribution in [-0.2, 0) is 17.8 Å². The molecule has 0 aliphatic carbocycles. The smallest absolute Gasteiger partial charge is 0.254 e. The van der Waals surface area contributed by atoms with Crippen LogP contribution in [0.4, 0.5) is 0 Å². The topological polar surface area (TPSA) is 74.9 Å². The molecular formula is C32H37N3O4. The van der Waals surface area contributed by atoms with Crippen LogP contribution < -0.4 is 9.47 Å². The van der Waals surface area contributed by atoms with Crippen molar-refractivity contribution in [2.75, 3.05) is 33.9 Å². The zero-order valence-electron chi connectivity index (χ0n) is 23.0. The summed E-state index contributed by atoms with van der Waals surface area (Å²) in [7, 11) is 3.23. The van der Waals surface area contributed by atoms with Gasteiger partial charge < -0.3 is 24.3 Å². The number of carbonyl (C=O) groups is 2. The third-order valence-corrected chi connectivity index (χ3v) is 6.94. The zero-order valence-corrected chi connectivity index (χ0v) is 23.0. The van der Waals surface area contributed by atoms with E-state index in [2.05, 4.69) is 24.0 Å². The summed E-state index contributed by atoms with van der Waals surface area (Å²) >= 11 is 0. The molecule has 4 aromatic rings. The number of H-pyrrole nitrogens is 1. The van der Waals surface area contributed by atoms with Gasteiger partial charge in [-0.05, 0) is 66.4 Å². The summed E-state index contributed by atoms with van der Waals surface area (Å²) in [5.74, 6) is 1.22. The van der Waals surface area contributed by atoms with Crippen LogP contribution in [0.5, 0.6) is 11.5 Å². The molecule has 1 N–H and O–H groups in total. The number of aromatic amines is 1. The van der Waals surface area contributed by atoms with E-state index in [-0.39, 0.29) is 18.4 Å². The van der Waals surface area contributed by atoms with Crippen LogP contribution >= 0.6 is 0 Å². The molecule has 7 nitrogen and oxygen atoms in total. The van der Waals surface area contributed by atoms with Gasteiger partial charge in [-0.1, -0.05) is 43.7 Å². The van der Waals surface area contributed by atoms with Crippen LogP contribution in [0.25, 0.3) is 10.9 Å². The maximum absolute atomic E-state index is 13.8. The molecule has 2 amide bonds. The third-order valence-electron chi connectivity index (χ3n) is 6.94. The molecule has 0 spiro atoms. The Balaban J connectivity index is 1.54. The summed E-state index contributed by atoms with van der Waals surface area (Å²) in [4.78, 5) is 34.0. The molecule has 1 heterocycles. The van der Waals surface area contributed by atoms with Gasteiger partial charge in [0, 0.05) is 42.3 Å². The number of aromatic nitrogens is 1. The summed E-state index contributed by atoms with van der Waals surface area (Å²) in [6.07, 6.45) is 4.47. The van der Waals surface area contributed by atoms with Gasteiger partial charge in [-0.2, -0.15) is 0 Å². The number of carbonyl (C=O) groups excluding carboxylic acids is 2. The van der Waals surface area contributed by atoms with E-state index in [0.717, 1.165) is 40.6 Å². The summed E-state index contributed by atoms with van der Waals surface area (Å²) in [5.41, 5.74) is 3.79. The van der Waals surface area contributed by atoms with Crippen LogP contribution in [0.3, 0.4) is 0 Å². The number of amides is 2. The number of para-hydroxylation sites is 1. The van der Waals surface area contributed by atoms with Crippen LogP contribution in [-0.4, -0.2) is 60.5 Å². The lowest BCUT2D eigenvalue weighted by Gasteiger charge is -2.28. The van der Waals surface area contributed by atoms with Gasteiger partial charge in [0.2, 0.25) is 5.91 Å². The fraction of sp³-hybridized carbons (Fsp3) is 0.312. The van der Waals surface area contributed by atoms with Gasteiger partial charge in [-0.15, -0.1) is 0 Å². The fourth-order valence-corrected chi connectivity index (χ4v) is 4.62. The number of nitrogens with zero attached hydrogens (tertiary/aromatic N) is 2. The average Bonchev–Trinajstić information content (AvgIpc) is 3.40. The molecule has 1 aromatic heterocycles. The number of rotatable bonds is 13. The van der Waals surface area contributed by atoms with Gasteiger partial charge in [0.05, 0.1) is 14.2 Å². The number of hydrogen-bond acceptors (Lipinski definition) is 4. The highest BCUT2D eigenvalue weighted by molar-refractivity contribution is 5.96. The highest BCUT2D eigenvalue weighted by Gasteiger charge is 2.23. The molecule has 7 heteroatoms. The van der Waals surface area contributed by atoms with Crippen molar-refractivity contribution in [3.8, 4) is 11.5 Å². The van der Waals surface area contributed by atoms with Crippen molar-refractivity contribution in [2.45, 2.75) is 32.7 Å². The first-order chi connectivity index (χ1) is 19.0. The quantitative estimate of drug-likeness (QED) is 0.242. The number of fused-ring (bicyclic) bond motifs is 1. The lowest BCUT2D eigenvalue weighted by atomic mass is 10.1. The van der Waals surface area contributed by atoms with E-state index in [1.165, 1.54) is 0 Å². The van der Waals surface area contributed by atoms with E-state index in [1.54, 1.807) is 43.4 Å². The Labute approximate surface area is 230 Å². The second-order valence-electron chi connectivity index (χ2n) is 9.58. The molecule has 0 unspecified atom stereocenters. The fourth-order valence-electron chi connectivity index (χ4n) is 4.62. The van der Waals surface area contributed by atoms with E-state index in [9.17, 15) is 9.59 Å². The molecule has 0 saturated heterocycles. The van der Waals surface area contributed by atoms with Gasteiger partial charge >= 0.3 is 0 Å². The summed E-state index contributed by atoms with van der Waals surface area (Å²) in [5, 5.41) is 1.16. The van der Waals surface area contributed by atoms with E-state index in [0.29, 0.717) is 37.4 Å². The molecule has 0 aliphatic heterocycles. The molecule has 0 radical (unpaired) electrons. The highest BCUT2D eigenvalue weighted by atomic mass is 16.5. The number of unbranched alkanes of at least 4 members (excludes halogenated alkanes) is 1. The average molecular weight is 528 g/mol. The maximum atomic E-state index is 13.8. The first-order valence-corrected chi connectivity index (χ1v) is 13.4. The van der Waals surface area contributed by atoms with Crippen molar-refractivity contribution < 1.29 is 19.1 Å². The summed E-state index contributed by atoms with van der Waals surface area (Å²) < 4.78 is 10.5. The van der Waals surface area contributed by atoms with Crippen molar-refractivity contribution in [3.63, 3.8) is 0 Å². The van der Waals surface area contributed by atoms with Crippen molar-refractivity contribution in [3.05, 3.63) is 95.7 Å². The monoisotopic (exact) mass is 527 g/mol. The molecule has 0 fully saturated rings. The third kappa shape index (κ3) is 7.19. The van der Waals surface area contributed by atoms with Crippen molar-refractivity contribution in [2.24, 2.45) is 0 Å². The van der Waals surface area contributed by atoms with Crippen molar-refractivity contribution in [1.29, 1.82) is 0 Å². The minimum absolute atomic E-state index is 0.0227. The first kappa shape index (κ1) is 27.8. The second kappa shape index (κ2) is 13.5. The number of hydrogen-bond donors (Lipinski definition) is 1. The first-order valence-electron chi connectivity index (χ1n) is 13.4. The Morgan fingerprint density at radius 3 is 2.15 bits per heavy atom. The van der Waals surface area contributed by atoms with Crippen LogP contribution in [0.1, 0.15) is 41.3 Å². The van der Waals surface area contributed by atoms with Crippen LogP contribution in [0.15, 0.2) is 79.0 Å². The maximum Gasteiger partial charge on any atom is 0.254 e. The normalized spacial score (nSPS) is 10.8. The van der Waals surface area contributed by atoms with Gasteiger partial charge in [-0.25, -0.2) is 0 Å². The summed E-state index contributed by atoms with van der Waals surface area (Å²) in [6, 6.07) is 23.0. The number of ether oxygens (including phenoxy) is 2. The van der Waals surface area contributed by atoms with Crippen LogP contribution in [0, 0.1) is 0 Å². The Kier molecular flexibility index (Phi) is 9.62. The molecule has 0 atom stereocenters. The Bertz CT molecular complexity index is 1360. The molecule has 0 bridgehead atoms. The molecule has 0 saturated carbocycles. The predicted octanol–water partition coefficient (Wildman–Crippen LogP) is 5.70. The Hall–Kier alpha value is -4.26. The predicted molar refractivity (Wildman–Crippen MR) is 154 cm³/mol. The largest absolute Gasteiger partial charge is 0.497 e. The zero-order chi connectivity index (χ0) is 27.6. The lowest BCUT2D eigenvalue weighted by molar-refractivity contribution is -0.132. The summed E-state index contributed by atoms with van der Waals surface area (Å²) in [6.45, 7) is 3.60. The van der Waals surface area contributed by atoms with E-state index >= 15 is 0 Å². The van der Waals surface area contributed by atoms with Crippen molar-refractivity contribution in [1.82, 2.24) is 14.8 Å². The Morgan fingerprint density at radius 1 is 0.821 bits per heavy atom. The molecule has 39 heavy (non-hydrogen) atoms. The molecule has 0 aliphatic rings. The molecule has 204 valence electrons. The minimum Gasteiger partial charge on any atom is -0.497 e. The molecular weight excluding hydrogens is 490 g/mol. The van der Waals surface area contributed by atoms with E-state index < -0.39 is 0 Å². The molecule has 4 rings (SSSR count). The number of methoxy groups -OCH3 is 2. The number of nitrogens with one attached hydrogen (secondary N) is 1. The van der Waals surface area contributed by atoms with Crippen molar-refractivity contribution >= 4 is 22.7 Å². The molecule has 3 aromatic carbocycles. The van der Waals surface area contributed by atoms with Crippen LogP contribution in [0.2, 0.25) is 0 Å². The van der Waals surface area contributed by atoms with E-state index in [4.69, 9.17) is 9.47 Å². The van der Waals surface area contributed by atoms with Gasteiger partial charge in [0.25, 0.3) is 5.91 Å². The highest BCUT2D eigenvalue weighted by Crippen LogP contribution is 2.20. The second-order valence-corrected chi connectivity index (χ2v) is 9.58. The van der Waals surface area contributed by atoms with Gasteiger partial charge in [-0.3, -0.25) is 9.59 Å². The lowest BCUT2D eigenvalue weighted by Crippen LogP contribution is -2.43. The minimum atomic E-state index is -0.152. The van der Waals surface area contributed by atoms with Gasteiger partial charge in [0.15, 0.2) is 0 Å². The van der Waals surface area contributed by atoms with E-state index in [1.807, 2.05) is 47.5 Å². The number of benzene rings is 3. The Morgan fingerprint density at radius 2 is 1.49 bits per heavy atom. The standard InChI is InChI=1S/C32H37N3O4/c1-4-5-19-35(32(37)25-12-16-28(39-3)17-13-25)23-31(36)34(22-24-10-14-27(38-2)15-11-24)20-18-26-21-33-30-9-7-6-8-29(26)30/h6-17,21,33H,4-5,18-20,22-23H2,1-3H3.